The molecule has 3 atom stereocenters. The van der Waals surface area contributed by atoms with E-state index in [1.165, 1.54) is 19.3 Å². The first kappa shape index (κ1) is 15.3. The van der Waals surface area contributed by atoms with E-state index >= 15 is 0 Å². The van der Waals surface area contributed by atoms with Crippen LogP contribution in [0.3, 0.4) is 0 Å². The summed E-state index contributed by atoms with van der Waals surface area (Å²) in [5.74, 6) is 2.01. The Morgan fingerprint density at radius 1 is 1.48 bits per heavy atom. The van der Waals surface area contributed by atoms with Gasteiger partial charge >= 0.3 is 0 Å². The summed E-state index contributed by atoms with van der Waals surface area (Å²) in [6.07, 6.45) is 3.74. The highest BCUT2D eigenvalue weighted by atomic mass is 79.9. The van der Waals surface area contributed by atoms with E-state index < -0.39 is 0 Å². The molecule has 2 nitrogen and oxygen atoms in total. The molecule has 0 N–H and O–H groups in total. The van der Waals surface area contributed by atoms with Gasteiger partial charge < -0.3 is 4.57 Å². The van der Waals surface area contributed by atoms with Crippen LogP contribution in [-0.4, -0.2) is 9.55 Å². The van der Waals surface area contributed by atoms with E-state index in [1.807, 2.05) is 6.92 Å². The lowest BCUT2D eigenvalue weighted by molar-refractivity contribution is 0.438. The van der Waals surface area contributed by atoms with Crippen molar-refractivity contribution in [3.63, 3.8) is 0 Å². The van der Waals surface area contributed by atoms with Gasteiger partial charge in [0.05, 0.1) is 20.9 Å². The highest BCUT2D eigenvalue weighted by Gasteiger charge is 2.25. The van der Waals surface area contributed by atoms with Crippen LogP contribution in [0, 0.1) is 17.7 Å². The molecule has 5 heteroatoms. The predicted octanol–water partition coefficient (Wildman–Crippen LogP) is 5.67. The molecule has 1 saturated carbocycles. The van der Waals surface area contributed by atoms with Crippen molar-refractivity contribution in [2.75, 3.05) is 0 Å². The molecule has 1 aromatic carbocycles. The number of benzene rings is 1. The van der Waals surface area contributed by atoms with Crippen molar-refractivity contribution in [1.82, 2.24) is 9.55 Å². The fourth-order valence-electron chi connectivity index (χ4n) is 3.38. The molecule has 3 unspecified atom stereocenters. The van der Waals surface area contributed by atoms with E-state index in [9.17, 15) is 4.39 Å². The van der Waals surface area contributed by atoms with E-state index in [0.29, 0.717) is 10.4 Å². The number of hydrogen-bond donors (Lipinski definition) is 0. The molecule has 21 heavy (non-hydrogen) atoms. The Morgan fingerprint density at radius 3 is 2.86 bits per heavy atom. The summed E-state index contributed by atoms with van der Waals surface area (Å²) in [5, 5.41) is -0.182. The third-order valence-electron chi connectivity index (χ3n) is 4.42. The standard InChI is InChI=1S/C16H19BrClFN2/c1-9-3-4-11(5-9)8-21-15-7-13(19)12(17)6-14(15)20-16(21)10(2)18/h6-7,9-11H,3-5,8H2,1-2H3. The fraction of sp³-hybridized carbons (Fsp3) is 0.562. The number of fused-ring (bicyclic) bond motifs is 1. The Balaban J connectivity index is 2.05. The Morgan fingerprint density at radius 2 is 2.24 bits per heavy atom. The minimum absolute atomic E-state index is 0.182. The van der Waals surface area contributed by atoms with Crippen LogP contribution in [0.2, 0.25) is 0 Å². The molecule has 1 fully saturated rings. The molecule has 1 aliphatic rings. The second-order valence-electron chi connectivity index (χ2n) is 6.24. The van der Waals surface area contributed by atoms with Gasteiger partial charge in [-0.15, -0.1) is 11.6 Å². The monoisotopic (exact) mass is 372 g/mol. The van der Waals surface area contributed by atoms with E-state index in [-0.39, 0.29) is 11.2 Å². The molecule has 1 aromatic heterocycles. The average Bonchev–Trinajstić information content (AvgIpc) is 2.96. The normalized spacial score (nSPS) is 23.9. The summed E-state index contributed by atoms with van der Waals surface area (Å²) in [7, 11) is 0. The van der Waals surface area contributed by atoms with Gasteiger partial charge in [0.2, 0.25) is 0 Å². The molecule has 2 aromatic rings. The number of rotatable bonds is 3. The molecule has 0 spiro atoms. The van der Waals surface area contributed by atoms with Crippen LogP contribution in [0.5, 0.6) is 0 Å². The molecule has 114 valence electrons. The van der Waals surface area contributed by atoms with E-state index in [4.69, 9.17) is 11.6 Å². The summed E-state index contributed by atoms with van der Waals surface area (Å²) < 4.78 is 16.5. The van der Waals surface area contributed by atoms with Crippen molar-refractivity contribution in [1.29, 1.82) is 0 Å². The van der Waals surface area contributed by atoms with Gasteiger partial charge in [-0.25, -0.2) is 9.37 Å². The van der Waals surface area contributed by atoms with Crippen LogP contribution in [0.25, 0.3) is 11.0 Å². The zero-order chi connectivity index (χ0) is 15.1. The highest BCUT2D eigenvalue weighted by Crippen LogP contribution is 2.35. The first-order valence-corrected chi connectivity index (χ1v) is 8.68. The van der Waals surface area contributed by atoms with Gasteiger partial charge in [-0.3, -0.25) is 0 Å². The zero-order valence-electron chi connectivity index (χ0n) is 12.2. The molecular weight excluding hydrogens is 355 g/mol. The SMILES string of the molecule is CC1CCC(Cn2c(C(C)Cl)nc3cc(Br)c(F)cc32)C1. The topological polar surface area (TPSA) is 17.8 Å². The van der Waals surface area contributed by atoms with Crippen LogP contribution in [0.15, 0.2) is 16.6 Å². The lowest BCUT2D eigenvalue weighted by atomic mass is 10.1. The lowest BCUT2D eigenvalue weighted by Crippen LogP contribution is -2.11. The highest BCUT2D eigenvalue weighted by molar-refractivity contribution is 9.10. The minimum atomic E-state index is -0.253. The van der Waals surface area contributed by atoms with E-state index in [1.54, 1.807) is 12.1 Å². The third-order valence-corrected chi connectivity index (χ3v) is 5.22. The van der Waals surface area contributed by atoms with Crippen molar-refractivity contribution in [3.8, 4) is 0 Å². The fourth-order valence-corrected chi connectivity index (χ4v) is 3.88. The van der Waals surface area contributed by atoms with Crippen LogP contribution in [0.1, 0.15) is 44.3 Å². The molecule has 1 heterocycles. The number of hydrogen-bond acceptors (Lipinski definition) is 1. The Bertz CT molecular complexity index is 668. The maximum Gasteiger partial charge on any atom is 0.139 e. The quantitative estimate of drug-likeness (QED) is 0.633. The maximum atomic E-state index is 13.9. The smallest absolute Gasteiger partial charge is 0.139 e. The van der Waals surface area contributed by atoms with Crippen LogP contribution >= 0.6 is 27.5 Å². The summed E-state index contributed by atoms with van der Waals surface area (Å²) in [6.45, 7) is 5.10. The number of alkyl halides is 1. The minimum Gasteiger partial charge on any atom is -0.326 e. The first-order valence-electron chi connectivity index (χ1n) is 7.45. The van der Waals surface area contributed by atoms with Gasteiger partial charge in [-0.2, -0.15) is 0 Å². The lowest BCUT2D eigenvalue weighted by Gasteiger charge is -2.15. The molecule has 0 aliphatic heterocycles. The summed E-state index contributed by atoms with van der Waals surface area (Å²) in [5.41, 5.74) is 1.65. The molecule has 0 radical (unpaired) electrons. The van der Waals surface area contributed by atoms with Gasteiger partial charge in [0.1, 0.15) is 11.6 Å². The van der Waals surface area contributed by atoms with Gasteiger partial charge in [-0.05, 0) is 53.6 Å². The Hall–Kier alpha value is -0.610. The van der Waals surface area contributed by atoms with Gasteiger partial charge in [0, 0.05) is 12.6 Å². The Kier molecular flexibility index (Phi) is 4.28. The van der Waals surface area contributed by atoms with Crippen LogP contribution in [-0.2, 0) is 6.54 Å². The van der Waals surface area contributed by atoms with Crippen LogP contribution in [0.4, 0.5) is 4.39 Å². The van der Waals surface area contributed by atoms with Crippen molar-refractivity contribution in [2.24, 2.45) is 11.8 Å². The number of aromatic nitrogens is 2. The van der Waals surface area contributed by atoms with Gasteiger partial charge in [0.15, 0.2) is 0 Å². The van der Waals surface area contributed by atoms with E-state index in [0.717, 1.165) is 29.3 Å². The van der Waals surface area contributed by atoms with Crippen molar-refractivity contribution in [3.05, 3.63) is 28.2 Å². The predicted molar refractivity (Wildman–Crippen MR) is 88.2 cm³/mol. The molecule has 0 bridgehead atoms. The van der Waals surface area contributed by atoms with Gasteiger partial charge in [0.25, 0.3) is 0 Å². The van der Waals surface area contributed by atoms with Crippen molar-refractivity contribution in [2.45, 2.75) is 45.0 Å². The second-order valence-corrected chi connectivity index (χ2v) is 7.74. The molecular formula is C16H19BrClFN2. The van der Waals surface area contributed by atoms with E-state index in [2.05, 4.69) is 32.4 Å². The van der Waals surface area contributed by atoms with Crippen molar-refractivity contribution >= 4 is 38.6 Å². The van der Waals surface area contributed by atoms with Crippen LogP contribution < -0.4 is 0 Å². The first-order chi connectivity index (χ1) is 9.95. The molecule has 1 aliphatic carbocycles. The zero-order valence-corrected chi connectivity index (χ0v) is 14.6. The summed E-state index contributed by atoms with van der Waals surface area (Å²) in [4.78, 5) is 4.61. The van der Waals surface area contributed by atoms with Crippen molar-refractivity contribution < 1.29 is 4.39 Å². The number of nitrogens with zero attached hydrogens (tertiary/aromatic N) is 2. The molecule has 0 amide bonds. The largest absolute Gasteiger partial charge is 0.326 e. The number of halogens is 3. The number of imidazole rings is 1. The average molecular weight is 374 g/mol. The summed E-state index contributed by atoms with van der Waals surface area (Å²) in [6, 6.07) is 3.30. The maximum absolute atomic E-state index is 13.9. The molecule has 0 saturated heterocycles. The Labute approximate surface area is 137 Å². The summed E-state index contributed by atoms with van der Waals surface area (Å²) >= 11 is 9.51. The molecule has 3 rings (SSSR count). The third kappa shape index (κ3) is 2.98. The van der Waals surface area contributed by atoms with Gasteiger partial charge in [-0.1, -0.05) is 13.3 Å². The second kappa shape index (κ2) is 5.88.